The van der Waals surface area contributed by atoms with Gasteiger partial charge in [-0.05, 0) is 19.1 Å². The lowest BCUT2D eigenvalue weighted by atomic mass is 10.2. The van der Waals surface area contributed by atoms with Crippen LogP contribution in [0.3, 0.4) is 0 Å². The number of nitrogens with zero attached hydrogens (tertiary/aromatic N) is 1. The summed E-state index contributed by atoms with van der Waals surface area (Å²) in [6.07, 6.45) is 0. The molecule has 0 fully saturated rings. The first kappa shape index (κ1) is 8.48. The van der Waals surface area contributed by atoms with Crippen LogP contribution in [-0.4, -0.2) is 10.9 Å². The van der Waals surface area contributed by atoms with Gasteiger partial charge in [0.2, 0.25) is 0 Å². The first-order valence-electron chi connectivity index (χ1n) is 3.39. The lowest BCUT2D eigenvalue weighted by Crippen LogP contribution is -2.30. The van der Waals surface area contributed by atoms with Crippen LogP contribution in [0.25, 0.3) is 0 Å². The van der Waals surface area contributed by atoms with Crippen molar-refractivity contribution in [2.75, 3.05) is 5.73 Å². The zero-order valence-corrected chi connectivity index (χ0v) is 6.66. The molecule has 0 aromatic carbocycles. The number of carbonyl (C=O) groups is 1. The van der Waals surface area contributed by atoms with Gasteiger partial charge in [0.25, 0.3) is 5.91 Å². The van der Waals surface area contributed by atoms with Gasteiger partial charge in [-0.25, -0.2) is 10.8 Å². The van der Waals surface area contributed by atoms with Crippen molar-refractivity contribution in [2.24, 2.45) is 5.84 Å². The molecular weight excluding hydrogens is 156 g/mol. The number of amides is 1. The van der Waals surface area contributed by atoms with Crippen molar-refractivity contribution in [2.45, 2.75) is 6.92 Å². The lowest BCUT2D eigenvalue weighted by Gasteiger charge is -2.02. The maximum absolute atomic E-state index is 11.0. The van der Waals surface area contributed by atoms with Crippen LogP contribution in [0.1, 0.15) is 16.1 Å². The molecule has 5 N–H and O–H groups in total. The van der Waals surface area contributed by atoms with Gasteiger partial charge in [0, 0.05) is 5.69 Å². The molecule has 0 bridgehead atoms. The number of pyridine rings is 1. The highest BCUT2D eigenvalue weighted by molar-refractivity contribution is 5.97. The molecule has 0 aliphatic heterocycles. The van der Waals surface area contributed by atoms with Gasteiger partial charge in [0.05, 0.1) is 5.56 Å². The van der Waals surface area contributed by atoms with E-state index in [9.17, 15) is 4.79 Å². The minimum Gasteiger partial charge on any atom is -0.383 e. The Morgan fingerprint density at radius 2 is 2.25 bits per heavy atom. The normalized spacial score (nSPS) is 9.50. The van der Waals surface area contributed by atoms with Crippen molar-refractivity contribution >= 4 is 11.7 Å². The van der Waals surface area contributed by atoms with Crippen molar-refractivity contribution in [3.05, 3.63) is 23.4 Å². The third kappa shape index (κ3) is 1.51. The van der Waals surface area contributed by atoms with E-state index in [2.05, 4.69) is 4.98 Å². The first-order valence-corrected chi connectivity index (χ1v) is 3.39. The van der Waals surface area contributed by atoms with Gasteiger partial charge in [-0.1, -0.05) is 0 Å². The van der Waals surface area contributed by atoms with Crippen molar-refractivity contribution in [3.8, 4) is 0 Å². The number of hydrogen-bond donors (Lipinski definition) is 3. The van der Waals surface area contributed by atoms with Crippen molar-refractivity contribution < 1.29 is 4.79 Å². The Morgan fingerprint density at radius 1 is 1.58 bits per heavy atom. The molecule has 0 spiro atoms. The summed E-state index contributed by atoms with van der Waals surface area (Å²) in [4.78, 5) is 14.9. The molecule has 1 amide bonds. The number of nitrogen functional groups attached to an aromatic ring is 2. The molecule has 0 saturated carbocycles. The van der Waals surface area contributed by atoms with E-state index in [1.54, 1.807) is 19.1 Å². The zero-order chi connectivity index (χ0) is 9.14. The minimum absolute atomic E-state index is 0.193. The first-order chi connectivity index (χ1) is 5.65. The van der Waals surface area contributed by atoms with Crippen LogP contribution in [0.15, 0.2) is 12.1 Å². The number of aromatic nitrogens is 1. The summed E-state index contributed by atoms with van der Waals surface area (Å²) in [6, 6.07) is 3.28. The van der Waals surface area contributed by atoms with Crippen LogP contribution in [0.5, 0.6) is 0 Å². The Morgan fingerprint density at radius 3 is 2.75 bits per heavy atom. The maximum atomic E-state index is 11.0. The quantitative estimate of drug-likeness (QED) is 0.300. The molecule has 1 aromatic heterocycles. The van der Waals surface area contributed by atoms with Gasteiger partial charge in [-0.15, -0.1) is 0 Å². The molecule has 12 heavy (non-hydrogen) atoms. The monoisotopic (exact) mass is 166 g/mol. The van der Waals surface area contributed by atoms with Gasteiger partial charge in [0.1, 0.15) is 5.82 Å². The third-order valence-electron chi connectivity index (χ3n) is 1.44. The molecule has 5 nitrogen and oxygen atoms in total. The predicted octanol–water partition coefficient (Wildman–Crippen LogP) is -0.424. The van der Waals surface area contributed by atoms with Crippen LogP contribution in [-0.2, 0) is 0 Å². The number of aryl methyl sites for hydroxylation is 1. The van der Waals surface area contributed by atoms with Crippen LogP contribution in [0.4, 0.5) is 5.82 Å². The summed E-state index contributed by atoms with van der Waals surface area (Å²) in [5.41, 5.74) is 8.51. The number of anilines is 1. The highest BCUT2D eigenvalue weighted by Gasteiger charge is 2.07. The Balaban J connectivity index is 3.09. The Bertz CT molecular complexity index is 310. The number of nitrogens with two attached hydrogens (primary N) is 2. The van der Waals surface area contributed by atoms with Gasteiger partial charge in [0.15, 0.2) is 0 Å². The summed E-state index contributed by atoms with van der Waals surface area (Å²) in [5.74, 6) is 4.69. The summed E-state index contributed by atoms with van der Waals surface area (Å²) in [5, 5.41) is 0. The second kappa shape index (κ2) is 3.19. The molecule has 1 heterocycles. The van der Waals surface area contributed by atoms with E-state index >= 15 is 0 Å². The molecule has 0 atom stereocenters. The Hall–Kier alpha value is -1.62. The molecule has 0 saturated heterocycles. The molecule has 0 radical (unpaired) electrons. The average Bonchev–Trinajstić information content (AvgIpc) is 2.03. The van der Waals surface area contributed by atoms with Crippen LogP contribution in [0, 0.1) is 6.92 Å². The lowest BCUT2D eigenvalue weighted by molar-refractivity contribution is 0.0954. The maximum Gasteiger partial charge on any atom is 0.268 e. The Labute approximate surface area is 69.7 Å². The zero-order valence-electron chi connectivity index (χ0n) is 6.66. The smallest absolute Gasteiger partial charge is 0.268 e. The number of carbonyl (C=O) groups excluding carboxylic acids is 1. The van der Waals surface area contributed by atoms with E-state index in [-0.39, 0.29) is 5.82 Å². The molecule has 0 aliphatic rings. The molecule has 5 heteroatoms. The van der Waals surface area contributed by atoms with E-state index in [1.165, 1.54) is 0 Å². The van der Waals surface area contributed by atoms with Crippen molar-refractivity contribution in [1.29, 1.82) is 0 Å². The highest BCUT2D eigenvalue weighted by atomic mass is 16.2. The van der Waals surface area contributed by atoms with E-state index < -0.39 is 5.91 Å². The molecule has 0 unspecified atom stereocenters. The third-order valence-corrected chi connectivity index (χ3v) is 1.44. The number of nitrogens with one attached hydrogen (secondary N) is 1. The molecule has 0 aliphatic carbocycles. The largest absolute Gasteiger partial charge is 0.383 e. The summed E-state index contributed by atoms with van der Waals surface area (Å²) < 4.78 is 0. The van der Waals surface area contributed by atoms with Crippen LogP contribution < -0.4 is 17.0 Å². The van der Waals surface area contributed by atoms with Crippen molar-refractivity contribution in [1.82, 2.24) is 10.4 Å². The van der Waals surface area contributed by atoms with Crippen molar-refractivity contribution in [3.63, 3.8) is 0 Å². The Kier molecular flexibility index (Phi) is 2.25. The van der Waals surface area contributed by atoms with E-state index in [4.69, 9.17) is 11.6 Å². The predicted molar refractivity (Wildman–Crippen MR) is 45.0 cm³/mol. The SMILES string of the molecule is Cc1ccc(C(=O)NN)c(N)n1. The van der Waals surface area contributed by atoms with E-state index in [0.717, 1.165) is 5.69 Å². The fourth-order valence-corrected chi connectivity index (χ4v) is 0.847. The fourth-order valence-electron chi connectivity index (χ4n) is 0.847. The number of rotatable bonds is 1. The standard InChI is InChI=1S/C7H10N4O/c1-4-2-3-5(6(8)10-4)7(12)11-9/h2-3H,9H2,1H3,(H2,8,10)(H,11,12). The summed E-state index contributed by atoms with van der Waals surface area (Å²) in [6.45, 7) is 1.79. The van der Waals surface area contributed by atoms with Gasteiger partial charge >= 0.3 is 0 Å². The summed E-state index contributed by atoms with van der Waals surface area (Å²) >= 11 is 0. The molecule has 1 aromatic rings. The van der Waals surface area contributed by atoms with E-state index in [1.807, 2.05) is 5.43 Å². The fraction of sp³-hybridized carbons (Fsp3) is 0.143. The second-order valence-corrected chi connectivity index (χ2v) is 2.36. The van der Waals surface area contributed by atoms with E-state index in [0.29, 0.717) is 5.56 Å². The number of hydrogen-bond acceptors (Lipinski definition) is 4. The second-order valence-electron chi connectivity index (χ2n) is 2.36. The highest BCUT2D eigenvalue weighted by Crippen LogP contribution is 2.08. The molecule has 1 rings (SSSR count). The van der Waals surface area contributed by atoms with Gasteiger partial charge in [-0.2, -0.15) is 0 Å². The average molecular weight is 166 g/mol. The molecular formula is C7H10N4O. The number of hydrazine groups is 1. The molecule has 64 valence electrons. The van der Waals surface area contributed by atoms with Crippen LogP contribution in [0.2, 0.25) is 0 Å². The van der Waals surface area contributed by atoms with Crippen LogP contribution >= 0.6 is 0 Å². The minimum atomic E-state index is -0.431. The van der Waals surface area contributed by atoms with Gasteiger partial charge < -0.3 is 5.73 Å². The summed E-state index contributed by atoms with van der Waals surface area (Å²) in [7, 11) is 0. The van der Waals surface area contributed by atoms with Gasteiger partial charge in [-0.3, -0.25) is 10.2 Å². The topological polar surface area (TPSA) is 94.0 Å².